The largest absolute Gasteiger partial charge is 0.394 e. The highest BCUT2D eigenvalue weighted by atomic mass is 16.3. The van der Waals surface area contributed by atoms with Crippen LogP contribution in [0.5, 0.6) is 0 Å². The molecule has 0 aliphatic carbocycles. The quantitative estimate of drug-likeness (QED) is 0.831. The van der Waals surface area contributed by atoms with Crippen molar-refractivity contribution >= 4 is 0 Å². The molecule has 0 aromatic heterocycles. The van der Waals surface area contributed by atoms with Gasteiger partial charge in [0.25, 0.3) is 0 Å². The summed E-state index contributed by atoms with van der Waals surface area (Å²) in [6.45, 7) is 3.06. The number of rotatable bonds is 6. The van der Waals surface area contributed by atoms with Crippen LogP contribution in [0, 0.1) is 0 Å². The van der Waals surface area contributed by atoms with Gasteiger partial charge in [-0.25, -0.2) is 0 Å². The first-order valence-corrected chi connectivity index (χ1v) is 6.81. The van der Waals surface area contributed by atoms with Crippen LogP contribution in [0.2, 0.25) is 0 Å². The molecule has 100 valence electrons. The molecule has 0 fully saturated rings. The fourth-order valence-corrected chi connectivity index (χ4v) is 2.28. The van der Waals surface area contributed by atoms with Crippen LogP contribution in [0.3, 0.4) is 0 Å². The van der Waals surface area contributed by atoms with Crippen molar-refractivity contribution in [1.82, 2.24) is 5.32 Å². The van der Waals surface area contributed by atoms with Crippen LogP contribution in [0.25, 0.3) is 0 Å². The maximum atomic E-state index is 9.52. The third-order valence-corrected chi connectivity index (χ3v) is 3.42. The molecule has 1 unspecified atom stereocenters. The highest BCUT2D eigenvalue weighted by molar-refractivity contribution is 5.27. The SMILES string of the molecule is CCc1ccccc1CNC(CO)c1ccccc1. The number of nitrogens with one attached hydrogen (secondary N) is 1. The highest BCUT2D eigenvalue weighted by Crippen LogP contribution is 2.14. The van der Waals surface area contributed by atoms with Gasteiger partial charge in [-0.1, -0.05) is 61.5 Å². The topological polar surface area (TPSA) is 32.3 Å². The lowest BCUT2D eigenvalue weighted by Crippen LogP contribution is -2.24. The zero-order valence-electron chi connectivity index (χ0n) is 11.3. The molecule has 0 spiro atoms. The second-order valence-electron chi connectivity index (χ2n) is 4.65. The van der Waals surface area contributed by atoms with Gasteiger partial charge in [0.1, 0.15) is 0 Å². The molecule has 2 N–H and O–H groups in total. The Hall–Kier alpha value is -1.64. The van der Waals surface area contributed by atoms with E-state index in [9.17, 15) is 5.11 Å². The molecule has 2 heteroatoms. The van der Waals surface area contributed by atoms with Crippen LogP contribution >= 0.6 is 0 Å². The molecule has 0 amide bonds. The number of aryl methyl sites for hydroxylation is 1. The maximum Gasteiger partial charge on any atom is 0.0626 e. The highest BCUT2D eigenvalue weighted by Gasteiger charge is 2.09. The van der Waals surface area contributed by atoms with Crippen molar-refractivity contribution < 1.29 is 5.11 Å². The Labute approximate surface area is 115 Å². The van der Waals surface area contributed by atoms with E-state index >= 15 is 0 Å². The standard InChI is InChI=1S/C17H21NO/c1-2-14-8-6-7-11-16(14)12-18-17(13-19)15-9-4-3-5-10-15/h3-11,17-19H,2,12-13H2,1H3. The summed E-state index contributed by atoms with van der Waals surface area (Å²) in [5, 5.41) is 12.9. The number of hydrogen-bond donors (Lipinski definition) is 2. The van der Waals surface area contributed by atoms with E-state index in [0.717, 1.165) is 18.5 Å². The monoisotopic (exact) mass is 255 g/mol. The Morgan fingerprint density at radius 1 is 0.947 bits per heavy atom. The first-order chi connectivity index (χ1) is 9.35. The Morgan fingerprint density at radius 2 is 1.58 bits per heavy atom. The molecule has 1 atom stereocenters. The van der Waals surface area contributed by atoms with Gasteiger partial charge in [0.15, 0.2) is 0 Å². The minimum atomic E-state index is -0.00823. The third-order valence-electron chi connectivity index (χ3n) is 3.42. The van der Waals surface area contributed by atoms with Gasteiger partial charge < -0.3 is 10.4 Å². The number of hydrogen-bond acceptors (Lipinski definition) is 2. The minimum Gasteiger partial charge on any atom is -0.394 e. The zero-order chi connectivity index (χ0) is 13.5. The molecule has 2 rings (SSSR count). The first-order valence-electron chi connectivity index (χ1n) is 6.81. The molecule has 2 nitrogen and oxygen atoms in total. The second-order valence-corrected chi connectivity index (χ2v) is 4.65. The second kappa shape index (κ2) is 7.07. The summed E-state index contributed by atoms with van der Waals surface area (Å²) in [6, 6.07) is 18.5. The Bertz CT molecular complexity index is 496. The Morgan fingerprint density at radius 3 is 2.21 bits per heavy atom. The summed E-state index contributed by atoms with van der Waals surface area (Å²) in [5.41, 5.74) is 3.79. The van der Waals surface area contributed by atoms with Gasteiger partial charge in [0.05, 0.1) is 12.6 Å². The van der Waals surface area contributed by atoms with Crippen molar-refractivity contribution in [1.29, 1.82) is 0 Å². The summed E-state index contributed by atoms with van der Waals surface area (Å²) < 4.78 is 0. The van der Waals surface area contributed by atoms with Gasteiger partial charge in [-0.2, -0.15) is 0 Å². The number of benzene rings is 2. The van der Waals surface area contributed by atoms with Crippen molar-refractivity contribution in [3.05, 3.63) is 71.3 Å². The van der Waals surface area contributed by atoms with E-state index < -0.39 is 0 Å². The average Bonchev–Trinajstić information content (AvgIpc) is 2.49. The fourth-order valence-electron chi connectivity index (χ4n) is 2.28. The van der Waals surface area contributed by atoms with Crippen molar-refractivity contribution in [3.63, 3.8) is 0 Å². The van der Waals surface area contributed by atoms with Crippen LogP contribution in [0.1, 0.15) is 29.7 Å². The van der Waals surface area contributed by atoms with Gasteiger partial charge in [-0.05, 0) is 23.1 Å². The molecular formula is C17H21NO. The molecule has 0 saturated carbocycles. The molecule has 0 radical (unpaired) electrons. The Kier molecular flexibility index (Phi) is 5.13. The number of aliphatic hydroxyl groups excluding tert-OH is 1. The molecule has 0 bridgehead atoms. The van der Waals surface area contributed by atoms with Gasteiger partial charge in [-0.3, -0.25) is 0 Å². The fraction of sp³-hybridized carbons (Fsp3) is 0.294. The van der Waals surface area contributed by atoms with Crippen LogP contribution in [-0.4, -0.2) is 11.7 Å². The summed E-state index contributed by atoms with van der Waals surface area (Å²) >= 11 is 0. The molecule has 2 aromatic rings. The minimum absolute atomic E-state index is 0.00823. The van der Waals surface area contributed by atoms with Crippen LogP contribution in [0.15, 0.2) is 54.6 Å². The molecule has 0 aliphatic rings. The molecule has 0 saturated heterocycles. The normalized spacial score (nSPS) is 12.3. The van der Waals surface area contributed by atoms with Crippen molar-refractivity contribution in [2.45, 2.75) is 25.9 Å². The first kappa shape index (κ1) is 13.8. The number of aliphatic hydroxyl groups is 1. The smallest absolute Gasteiger partial charge is 0.0626 e. The van der Waals surface area contributed by atoms with Crippen LogP contribution in [0.4, 0.5) is 0 Å². The summed E-state index contributed by atoms with van der Waals surface area (Å²) in [4.78, 5) is 0. The maximum absolute atomic E-state index is 9.52. The average molecular weight is 255 g/mol. The lowest BCUT2D eigenvalue weighted by Gasteiger charge is -2.18. The van der Waals surface area contributed by atoms with E-state index in [1.54, 1.807) is 0 Å². The van der Waals surface area contributed by atoms with Crippen molar-refractivity contribution in [2.24, 2.45) is 0 Å². The molecule has 2 aromatic carbocycles. The molecule has 19 heavy (non-hydrogen) atoms. The summed E-state index contributed by atoms with van der Waals surface area (Å²) in [5.74, 6) is 0. The van der Waals surface area contributed by atoms with E-state index in [2.05, 4.69) is 36.5 Å². The summed E-state index contributed by atoms with van der Waals surface area (Å²) in [6.07, 6.45) is 1.03. The van der Waals surface area contributed by atoms with Gasteiger partial charge in [0.2, 0.25) is 0 Å². The van der Waals surface area contributed by atoms with E-state index in [1.165, 1.54) is 11.1 Å². The van der Waals surface area contributed by atoms with Crippen LogP contribution < -0.4 is 5.32 Å². The molecular weight excluding hydrogens is 234 g/mol. The summed E-state index contributed by atoms with van der Waals surface area (Å²) in [7, 11) is 0. The van der Waals surface area contributed by atoms with E-state index in [1.807, 2.05) is 30.3 Å². The van der Waals surface area contributed by atoms with E-state index in [4.69, 9.17) is 0 Å². The van der Waals surface area contributed by atoms with Crippen molar-refractivity contribution in [3.8, 4) is 0 Å². The van der Waals surface area contributed by atoms with Gasteiger partial charge in [-0.15, -0.1) is 0 Å². The van der Waals surface area contributed by atoms with E-state index in [0.29, 0.717) is 0 Å². The predicted octanol–water partition coefficient (Wildman–Crippen LogP) is 3.07. The zero-order valence-corrected chi connectivity index (χ0v) is 11.3. The predicted molar refractivity (Wildman–Crippen MR) is 78.9 cm³/mol. The lowest BCUT2D eigenvalue weighted by molar-refractivity contribution is 0.243. The van der Waals surface area contributed by atoms with Crippen molar-refractivity contribution in [2.75, 3.05) is 6.61 Å². The molecule has 0 aliphatic heterocycles. The Balaban J connectivity index is 2.04. The van der Waals surface area contributed by atoms with E-state index in [-0.39, 0.29) is 12.6 Å². The van der Waals surface area contributed by atoms with Crippen LogP contribution in [-0.2, 0) is 13.0 Å². The molecule has 0 heterocycles. The van der Waals surface area contributed by atoms with Gasteiger partial charge in [0, 0.05) is 6.54 Å². The lowest BCUT2D eigenvalue weighted by atomic mass is 10.0. The third kappa shape index (κ3) is 3.66. The van der Waals surface area contributed by atoms with Gasteiger partial charge >= 0.3 is 0 Å².